The molecule has 0 aromatic rings. The molecule has 1 N–H and O–H groups in total. The molecule has 0 unspecified atom stereocenters. The van der Waals surface area contributed by atoms with Gasteiger partial charge in [-0.05, 0) is 20.6 Å². The monoisotopic (exact) mass is 257 g/mol. The molecule has 4 heteroatoms. The SMILES string of the molecule is CCN(C)CN(C)CNI. The minimum absolute atomic E-state index is 0.935. The van der Waals surface area contributed by atoms with Crippen LogP contribution in [0.1, 0.15) is 6.92 Å². The van der Waals surface area contributed by atoms with Gasteiger partial charge in [0.25, 0.3) is 0 Å². The van der Waals surface area contributed by atoms with Gasteiger partial charge in [0.15, 0.2) is 0 Å². The second kappa shape index (κ2) is 6.33. The Morgan fingerprint density at radius 1 is 1.30 bits per heavy atom. The molecule has 0 fully saturated rings. The van der Waals surface area contributed by atoms with Crippen molar-refractivity contribution in [3.63, 3.8) is 0 Å². The second-order valence-electron chi connectivity index (χ2n) is 2.46. The molecule has 0 aromatic carbocycles. The fraction of sp³-hybridized carbons (Fsp3) is 1.00. The van der Waals surface area contributed by atoms with Crippen LogP contribution in [-0.2, 0) is 0 Å². The summed E-state index contributed by atoms with van der Waals surface area (Å²) in [6.45, 7) is 5.22. The molecule has 0 aliphatic carbocycles. The molecule has 0 amide bonds. The molecular formula is C6H16IN3. The van der Waals surface area contributed by atoms with E-state index in [9.17, 15) is 0 Å². The highest BCUT2D eigenvalue weighted by Crippen LogP contribution is 1.85. The first kappa shape index (κ1) is 10.6. The van der Waals surface area contributed by atoms with Gasteiger partial charge in [0.2, 0.25) is 0 Å². The van der Waals surface area contributed by atoms with Crippen LogP contribution < -0.4 is 3.53 Å². The van der Waals surface area contributed by atoms with Gasteiger partial charge in [-0.25, -0.2) is 3.53 Å². The van der Waals surface area contributed by atoms with Crippen molar-refractivity contribution in [2.24, 2.45) is 0 Å². The predicted molar refractivity (Wildman–Crippen MR) is 53.0 cm³/mol. The van der Waals surface area contributed by atoms with Gasteiger partial charge in [0, 0.05) is 22.9 Å². The Hall–Kier alpha value is 0.610. The zero-order valence-electron chi connectivity index (χ0n) is 6.89. The van der Waals surface area contributed by atoms with Crippen LogP contribution in [-0.4, -0.2) is 43.8 Å². The molecule has 3 nitrogen and oxygen atoms in total. The standard InChI is InChI=1S/C6H16IN3/c1-4-9(2)6-10(3)5-8-7/h8H,4-6H2,1-3H3. The van der Waals surface area contributed by atoms with Crippen LogP contribution in [0, 0.1) is 0 Å². The molecule has 0 saturated carbocycles. The minimum atomic E-state index is 0.935. The molecule has 0 atom stereocenters. The molecule has 0 aliphatic rings. The Morgan fingerprint density at radius 2 is 1.90 bits per heavy atom. The Labute approximate surface area is 77.3 Å². The summed E-state index contributed by atoms with van der Waals surface area (Å²) in [6.07, 6.45) is 0. The van der Waals surface area contributed by atoms with E-state index in [-0.39, 0.29) is 0 Å². The molecule has 0 saturated heterocycles. The van der Waals surface area contributed by atoms with Crippen molar-refractivity contribution in [3.05, 3.63) is 0 Å². The lowest BCUT2D eigenvalue weighted by Gasteiger charge is -2.22. The summed E-state index contributed by atoms with van der Waals surface area (Å²) >= 11 is 2.15. The number of halogens is 1. The smallest absolute Gasteiger partial charge is 0.0578 e. The van der Waals surface area contributed by atoms with Crippen molar-refractivity contribution in [2.75, 3.05) is 34.0 Å². The summed E-state index contributed by atoms with van der Waals surface area (Å²) in [5.41, 5.74) is 0. The molecule has 0 aliphatic heterocycles. The van der Waals surface area contributed by atoms with Crippen LogP contribution in [0.2, 0.25) is 0 Å². The zero-order valence-corrected chi connectivity index (χ0v) is 9.05. The number of rotatable bonds is 5. The molecule has 0 bridgehead atoms. The summed E-state index contributed by atoms with van der Waals surface area (Å²) in [5, 5.41) is 0. The Kier molecular flexibility index (Phi) is 6.71. The summed E-state index contributed by atoms with van der Waals surface area (Å²) in [4.78, 5) is 4.48. The fourth-order valence-electron chi connectivity index (χ4n) is 0.664. The highest BCUT2D eigenvalue weighted by molar-refractivity contribution is 14.1. The van der Waals surface area contributed by atoms with Crippen LogP contribution in [0.3, 0.4) is 0 Å². The first-order valence-electron chi connectivity index (χ1n) is 3.41. The lowest BCUT2D eigenvalue weighted by Crippen LogP contribution is -2.36. The quantitative estimate of drug-likeness (QED) is 0.445. The average Bonchev–Trinajstić information content (AvgIpc) is 1.88. The summed E-state index contributed by atoms with van der Waals surface area (Å²) in [6, 6.07) is 0. The third-order valence-corrected chi connectivity index (χ3v) is 1.69. The molecule has 0 rings (SSSR count). The third-order valence-electron chi connectivity index (χ3n) is 1.35. The lowest BCUT2D eigenvalue weighted by atomic mass is 10.6. The van der Waals surface area contributed by atoms with Crippen molar-refractivity contribution in [1.29, 1.82) is 0 Å². The highest BCUT2D eigenvalue weighted by atomic mass is 127. The third kappa shape index (κ3) is 5.40. The maximum atomic E-state index is 3.07. The first-order chi connectivity index (χ1) is 4.70. The van der Waals surface area contributed by atoms with Crippen LogP contribution in [0.25, 0.3) is 0 Å². The molecule has 0 spiro atoms. The molecule has 62 valence electrons. The van der Waals surface area contributed by atoms with E-state index < -0.39 is 0 Å². The molecular weight excluding hydrogens is 241 g/mol. The first-order valence-corrected chi connectivity index (χ1v) is 4.49. The van der Waals surface area contributed by atoms with E-state index in [0.29, 0.717) is 0 Å². The van der Waals surface area contributed by atoms with Crippen LogP contribution in [0.4, 0.5) is 0 Å². The summed E-state index contributed by atoms with van der Waals surface area (Å²) in [5.74, 6) is 0. The van der Waals surface area contributed by atoms with Gasteiger partial charge in [0.1, 0.15) is 0 Å². The van der Waals surface area contributed by atoms with E-state index in [2.05, 4.69) is 57.2 Å². The minimum Gasteiger partial charge on any atom is -0.294 e. The van der Waals surface area contributed by atoms with E-state index in [1.54, 1.807) is 0 Å². The van der Waals surface area contributed by atoms with Gasteiger partial charge in [-0.15, -0.1) is 0 Å². The maximum Gasteiger partial charge on any atom is 0.0578 e. The lowest BCUT2D eigenvalue weighted by molar-refractivity contribution is 0.190. The van der Waals surface area contributed by atoms with Crippen LogP contribution >= 0.6 is 22.9 Å². The zero-order chi connectivity index (χ0) is 7.98. The number of nitrogens with zero attached hydrogens (tertiary/aromatic N) is 2. The van der Waals surface area contributed by atoms with Gasteiger partial charge >= 0.3 is 0 Å². The van der Waals surface area contributed by atoms with Crippen LogP contribution in [0.5, 0.6) is 0 Å². The molecule has 0 heterocycles. The normalized spacial score (nSPS) is 11.4. The van der Waals surface area contributed by atoms with Crippen molar-refractivity contribution >= 4 is 22.9 Å². The summed E-state index contributed by atoms with van der Waals surface area (Å²) in [7, 11) is 4.21. The van der Waals surface area contributed by atoms with Crippen molar-refractivity contribution in [3.8, 4) is 0 Å². The van der Waals surface area contributed by atoms with Gasteiger partial charge in [0.05, 0.1) is 13.3 Å². The van der Waals surface area contributed by atoms with Crippen LogP contribution in [0.15, 0.2) is 0 Å². The number of nitrogens with one attached hydrogen (secondary N) is 1. The Balaban J connectivity index is 3.27. The van der Waals surface area contributed by atoms with Gasteiger partial charge < -0.3 is 0 Å². The number of hydrogen-bond donors (Lipinski definition) is 1. The van der Waals surface area contributed by atoms with Gasteiger partial charge in [-0.3, -0.25) is 9.80 Å². The van der Waals surface area contributed by atoms with E-state index in [1.165, 1.54) is 0 Å². The number of hydrogen-bond acceptors (Lipinski definition) is 3. The highest BCUT2D eigenvalue weighted by Gasteiger charge is 1.98. The second-order valence-corrected chi connectivity index (χ2v) is 3.22. The van der Waals surface area contributed by atoms with Crippen molar-refractivity contribution in [2.45, 2.75) is 6.92 Å². The van der Waals surface area contributed by atoms with Gasteiger partial charge in [-0.2, -0.15) is 0 Å². The fourth-order valence-corrected chi connectivity index (χ4v) is 1.25. The van der Waals surface area contributed by atoms with E-state index in [1.807, 2.05) is 0 Å². The largest absolute Gasteiger partial charge is 0.294 e. The Morgan fingerprint density at radius 3 is 2.30 bits per heavy atom. The van der Waals surface area contributed by atoms with Crippen molar-refractivity contribution < 1.29 is 0 Å². The molecule has 0 radical (unpaired) electrons. The topological polar surface area (TPSA) is 18.5 Å². The Bertz CT molecular complexity index is 79.4. The van der Waals surface area contributed by atoms with Gasteiger partial charge in [-0.1, -0.05) is 6.92 Å². The maximum absolute atomic E-state index is 3.07. The summed E-state index contributed by atoms with van der Waals surface area (Å²) < 4.78 is 3.07. The van der Waals surface area contributed by atoms with E-state index >= 15 is 0 Å². The van der Waals surface area contributed by atoms with Crippen molar-refractivity contribution in [1.82, 2.24) is 13.3 Å². The average molecular weight is 257 g/mol. The predicted octanol–water partition coefficient (Wildman–Crippen LogP) is 0.724. The molecule has 0 aromatic heterocycles. The molecule has 10 heavy (non-hydrogen) atoms. The van der Waals surface area contributed by atoms with E-state index in [4.69, 9.17) is 0 Å². The van der Waals surface area contributed by atoms with E-state index in [0.717, 1.165) is 19.9 Å².